The van der Waals surface area contributed by atoms with E-state index >= 15 is 0 Å². The molecule has 1 unspecified atom stereocenters. The predicted octanol–water partition coefficient (Wildman–Crippen LogP) is 7.34. The summed E-state index contributed by atoms with van der Waals surface area (Å²) in [6.07, 6.45) is -4.65. The smallest absolute Gasteiger partial charge is 0.324 e. The molecule has 0 aliphatic carbocycles. The third kappa shape index (κ3) is 7.02. The summed E-state index contributed by atoms with van der Waals surface area (Å²) < 4.78 is 40.4. The predicted molar refractivity (Wildman–Crippen MR) is 143 cm³/mol. The number of benzene rings is 4. The summed E-state index contributed by atoms with van der Waals surface area (Å²) in [5.41, 5.74) is -0.514. The first-order chi connectivity index (χ1) is 18.6. The topological polar surface area (TPSA) is 101 Å². The minimum absolute atomic E-state index is 0.0899. The Morgan fingerprint density at radius 3 is 2.23 bits per heavy atom. The number of nitrogens with zero attached hydrogens (tertiary/aromatic N) is 1. The van der Waals surface area contributed by atoms with Gasteiger partial charge < -0.3 is 10.6 Å². The Balaban J connectivity index is 1.57. The number of anilines is 2. The van der Waals surface area contributed by atoms with Gasteiger partial charge in [-0.25, -0.2) is 0 Å². The lowest BCUT2D eigenvalue weighted by Crippen LogP contribution is -2.21. The average molecular weight is 552 g/mol. The van der Waals surface area contributed by atoms with Crippen molar-refractivity contribution in [3.63, 3.8) is 0 Å². The first kappa shape index (κ1) is 27.4. The van der Waals surface area contributed by atoms with Crippen LogP contribution in [-0.2, 0) is 11.0 Å². The number of rotatable bonds is 8. The van der Waals surface area contributed by atoms with Gasteiger partial charge in [-0.05, 0) is 42.0 Å². The Morgan fingerprint density at radius 2 is 1.51 bits per heavy atom. The number of nitro benzene ring substituents is 1. The van der Waals surface area contributed by atoms with Crippen molar-refractivity contribution in [2.45, 2.75) is 16.3 Å². The number of para-hydroxylation sites is 1. The molecule has 0 aliphatic rings. The van der Waals surface area contributed by atoms with Gasteiger partial charge in [0.15, 0.2) is 0 Å². The maximum absolute atomic E-state index is 13.5. The zero-order chi connectivity index (χ0) is 28.0. The Labute approximate surface area is 225 Å². The van der Waals surface area contributed by atoms with Crippen LogP contribution in [0.5, 0.6) is 0 Å². The van der Waals surface area contributed by atoms with Crippen molar-refractivity contribution in [1.82, 2.24) is 0 Å². The van der Waals surface area contributed by atoms with E-state index in [-0.39, 0.29) is 16.9 Å². The number of alkyl halides is 3. The highest BCUT2D eigenvalue weighted by Crippen LogP contribution is 2.39. The fraction of sp³-hybridized carbons (Fsp3) is 0.0714. The number of carbonyl (C=O) groups is 2. The molecule has 2 N–H and O–H groups in total. The summed E-state index contributed by atoms with van der Waals surface area (Å²) in [5.74, 6) is -1.23. The van der Waals surface area contributed by atoms with Gasteiger partial charge in [0.05, 0.1) is 16.2 Å². The van der Waals surface area contributed by atoms with Crippen molar-refractivity contribution >= 4 is 40.6 Å². The molecule has 0 heterocycles. The van der Waals surface area contributed by atoms with E-state index in [1.165, 1.54) is 36.4 Å². The van der Waals surface area contributed by atoms with Crippen LogP contribution in [0.2, 0.25) is 0 Å². The van der Waals surface area contributed by atoms with E-state index in [4.69, 9.17) is 0 Å². The van der Waals surface area contributed by atoms with Crippen LogP contribution < -0.4 is 10.6 Å². The quantitative estimate of drug-likeness (QED) is 0.136. The number of thioether (sulfide) groups is 1. The Kier molecular flexibility index (Phi) is 8.30. The summed E-state index contributed by atoms with van der Waals surface area (Å²) in [5, 5.41) is 15.2. The van der Waals surface area contributed by atoms with Crippen LogP contribution in [-0.4, -0.2) is 16.7 Å². The number of halogens is 3. The summed E-state index contributed by atoms with van der Waals surface area (Å²) >= 11 is 1.09. The van der Waals surface area contributed by atoms with Crippen molar-refractivity contribution in [3.8, 4) is 0 Å². The molecule has 0 bridgehead atoms. The van der Waals surface area contributed by atoms with E-state index in [1.54, 1.807) is 54.6 Å². The third-order valence-corrected chi connectivity index (χ3v) is 6.74. The average Bonchev–Trinajstić information content (AvgIpc) is 2.92. The summed E-state index contributed by atoms with van der Waals surface area (Å²) in [7, 11) is 0. The monoisotopic (exact) mass is 551 g/mol. The Hall–Kier alpha value is -4.64. The summed E-state index contributed by atoms with van der Waals surface area (Å²) in [6.45, 7) is 0. The standard InChI is InChI=1S/C28H20F3N3O4S/c29-28(30,31)23-14-4-5-15-24(23)33-27(36)25(18-8-2-1-3-9-18)39-22-13-7-11-20(17-22)32-26(35)19-10-6-12-21(16-19)34(37)38/h1-17,25H,(H,32,35)(H,33,36). The van der Waals surface area contributed by atoms with Gasteiger partial charge in [-0.2, -0.15) is 13.2 Å². The normalized spacial score (nSPS) is 11.9. The van der Waals surface area contributed by atoms with Crippen LogP contribution in [0.4, 0.5) is 30.2 Å². The van der Waals surface area contributed by atoms with Gasteiger partial charge in [0.25, 0.3) is 11.6 Å². The maximum Gasteiger partial charge on any atom is 0.418 e. The van der Waals surface area contributed by atoms with Gasteiger partial charge in [0, 0.05) is 28.3 Å². The number of non-ortho nitro benzene ring substituents is 1. The first-order valence-electron chi connectivity index (χ1n) is 11.5. The van der Waals surface area contributed by atoms with Crippen molar-refractivity contribution in [2.24, 2.45) is 0 Å². The van der Waals surface area contributed by atoms with Gasteiger partial charge in [0.2, 0.25) is 5.91 Å². The molecule has 0 saturated heterocycles. The van der Waals surface area contributed by atoms with Crippen molar-refractivity contribution in [2.75, 3.05) is 10.6 Å². The van der Waals surface area contributed by atoms with Crippen molar-refractivity contribution in [1.29, 1.82) is 0 Å². The van der Waals surface area contributed by atoms with Gasteiger partial charge in [0.1, 0.15) is 5.25 Å². The van der Waals surface area contributed by atoms with Gasteiger partial charge >= 0.3 is 6.18 Å². The van der Waals surface area contributed by atoms with Crippen LogP contribution in [0.3, 0.4) is 0 Å². The lowest BCUT2D eigenvalue weighted by Gasteiger charge is -2.19. The fourth-order valence-corrected chi connectivity index (χ4v) is 4.77. The SMILES string of the molecule is O=C(Nc1cccc(SC(C(=O)Nc2ccccc2C(F)(F)F)c2ccccc2)c1)c1cccc([N+](=O)[O-])c1. The molecule has 4 aromatic rings. The van der Waals surface area contributed by atoms with E-state index < -0.39 is 33.7 Å². The van der Waals surface area contributed by atoms with Crippen molar-refractivity contribution < 1.29 is 27.7 Å². The van der Waals surface area contributed by atoms with E-state index in [0.717, 1.165) is 23.9 Å². The summed E-state index contributed by atoms with van der Waals surface area (Å²) in [4.78, 5) is 37.0. The highest BCUT2D eigenvalue weighted by molar-refractivity contribution is 8.00. The van der Waals surface area contributed by atoms with Gasteiger partial charge in [-0.15, -0.1) is 11.8 Å². The molecule has 1 atom stereocenters. The van der Waals surface area contributed by atoms with Crippen LogP contribution in [0.1, 0.15) is 26.7 Å². The molecule has 39 heavy (non-hydrogen) atoms. The van der Waals surface area contributed by atoms with E-state index in [0.29, 0.717) is 16.1 Å². The number of nitrogens with one attached hydrogen (secondary N) is 2. The second-order valence-corrected chi connectivity index (χ2v) is 9.41. The number of amides is 2. The van der Waals surface area contributed by atoms with E-state index in [1.807, 2.05) is 0 Å². The molecule has 0 spiro atoms. The second kappa shape index (κ2) is 11.8. The molecule has 4 aromatic carbocycles. The zero-order valence-electron chi connectivity index (χ0n) is 20.0. The highest BCUT2D eigenvalue weighted by atomic mass is 32.2. The molecule has 11 heteroatoms. The molecule has 0 radical (unpaired) electrons. The van der Waals surface area contributed by atoms with Crippen LogP contribution >= 0.6 is 11.8 Å². The Bertz CT molecular complexity index is 1510. The maximum atomic E-state index is 13.5. The molecular weight excluding hydrogens is 531 g/mol. The van der Waals surface area contributed by atoms with Gasteiger partial charge in [-0.3, -0.25) is 19.7 Å². The molecule has 4 rings (SSSR count). The molecule has 198 valence electrons. The lowest BCUT2D eigenvalue weighted by molar-refractivity contribution is -0.384. The minimum atomic E-state index is -4.65. The zero-order valence-corrected chi connectivity index (χ0v) is 20.8. The number of carbonyl (C=O) groups excluding carboxylic acids is 2. The Morgan fingerprint density at radius 1 is 0.821 bits per heavy atom. The lowest BCUT2D eigenvalue weighted by atomic mass is 10.1. The van der Waals surface area contributed by atoms with Crippen molar-refractivity contribution in [3.05, 3.63) is 130 Å². The largest absolute Gasteiger partial charge is 0.418 e. The molecule has 0 fully saturated rings. The van der Waals surface area contributed by atoms with Crippen LogP contribution in [0.15, 0.2) is 108 Å². The molecule has 0 saturated carbocycles. The number of hydrogen-bond acceptors (Lipinski definition) is 5. The van der Waals surface area contributed by atoms with E-state index in [2.05, 4.69) is 10.6 Å². The minimum Gasteiger partial charge on any atom is -0.324 e. The first-order valence-corrected chi connectivity index (χ1v) is 12.3. The molecule has 2 amide bonds. The fourth-order valence-electron chi connectivity index (χ4n) is 3.69. The molecule has 0 aromatic heterocycles. The molecular formula is C28H20F3N3O4S. The summed E-state index contributed by atoms with van der Waals surface area (Å²) in [6, 6.07) is 25.1. The van der Waals surface area contributed by atoms with E-state index in [9.17, 15) is 32.9 Å². The van der Waals surface area contributed by atoms with Crippen LogP contribution in [0.25, 0.3) is 0 Å². The van der Waals surface area contributed by atoms with Crippen LogP contribution in [0, 0.1) is 10.1 Å². The molecule has 7 nitrogen and oxygen atoms in total. The van der Waals surface area contributed by atoms with Gasteiger partial charge in [-0.1, -0.05) is 54.6 Å². The molecule has 0 aliphatic heterocycles. The number of nitro groups is 1. The number of hydrogen-bond donors (Lipinski definition) is 2. The second-order valence-electron chi connectivity index (χ2n) is 8.23. The third-order valence-electron chi connectivity index (χ3n) is 5.50. The highest BCUT2D eigenvalue weighted by Gasteiger charge is 2.34.